The van der Waals surface area contributed by atoms with Crippen LogP contribution in [0.4, 0.5) is 0 Å². The molecule has 4 heteroatoms. The topological polar surface area (TPSA) is 45.8 Å². The summed E-state index contributed by atoms with van der Waals surface area (Å²) in [5.41, 5.74) is 2.13. The highest BCUT2D eigenvalue weighted by Gasteiger charge is 2.19. The summed E-state index contributed by atoms with van der Waals surface area (Å²) in [7, 11) is 0. The lowest BCUT2D eigenvalue weighted by molar-refractivity contribution is 0.103. The third-order valence-electron chi connectivity index (χ3n) is 2.83. The highest BCUT2D eigenvalue weighted by Crippen LogP contribution is 2.31. The first kappa shape index (κ1) is 11.9. The second-order valence-electron chi connectivity index (χ2n) is 4.19. The van der Waals surface area contributed by atoms with Crippen LogP contribution in [0.3, 0.4) is 0 Å². The molecule has 0 spiro atoms. The number of aryl methyl sites for hydroxylation is 1. The lowest BCUT2D eigenvalue weighted by Gasteiger charge is -2.00. The maximum Gasteiger partial charge on any atom is 0.228 e. The van der Waals surface area contributed by atoms with Crippen LogP contribution in [0.25, 0.3) is 10.4 Å². The molecule has 19 heavy (non-hydrogen) atoms. The minimum absolute atomic E-state index is 0.0618. The predicted molar refractivity (Wildman–Crippen MR) is 76.5 cm³/mol. The third kappa shape index (κ3) is 2.22. The number of carbonyl (C=O) groups excluding carboxylic acids is 1. The Labute approximate surface area is 115 Å². The number of hydrogen-bond donors (Lipinski definition) is 1. The molecular weight excluding hydrogens is 256 g/mol. The maximum atomic E-state index is 12.4. The Bertz CT molecular complexity index is 699. The molecule has 0 aliphatic heterocycles. The molecule has 3 nitrogen and oxygen atoms in total. The van der Waals surface area contributed by atoms with Crippen molar-refractivity contribution in [2.45, 2.75) is 6.92 Å². The van der Waals surface area contributed by atoms with Gasteiger partial charge in [-0.25, -0.2) is 4.98 Å². The van der Waals surface area contributed by atoms with Crippen LogP contribution in [0.15, 0.2) is 48.7 Å². The smallest absolute Gasteiger partial charge is 0.228 e. The van der Waals surface area contributed by atoms with Gasteiger partial charge in [0.25, 0.3) is 0 Å². The molecule has 0 fully saturated rings. The first-order chi connectivity index (χ1) is 9.25. The summed E-state index contributed by atoms with van der Waals surface area (Å²) in [6, 6.07) is 13.5. The van der Waals surface area contributed by atoms with Crippen molar-refractivity contribution in [2.75, 3.05) is 0 Å². The van der Waals surface area contributed by atoms with Gasteiger partial charge in [0.05, 0.1) is 15.6 Å². The summed E-state index contributed by atoms with van der Waals surface area (Å²) in [5, 5.41) is 0.897. The average Bonchev–Trinajstić information content (AvgIpc) is 3.08. The molecule has 94 valence electrons. The predicted octanol–water partition coefficient (Wildman–Crippen LogP) is 3.68. The number of aromatic amines is 1. The molecule has 0 aliphatic rings. The Hall–Kier alpha value is -2.20. The number of nitrogens with zero attached hydrogens (tertiary/aromatic N) is 1. The van der Waals surface area contributed by atoms with Crippen LogP contribution in [-0.2, 0) is 0 Å². The molecule has 0 aliphatic carbocycles. The summed E-state index contributed by atoms with van der Waals surface area (Å²) in [6.45, 7) is 1.92. The van der Waals surface area contributed by atoms with E-state index in [1.54, 1.807) is 23.6 Å². The van der Waals surface area contributed by atoms with Crippen LogP contribution in [0.5, 0.6) is 0 Å². The summed E-state index contributed by atoms with van der Waals surface area (Å²) in [4.78, 5) is 20.7. The Morgan fingerprint density at radius 2 is 1.95 bits per heavy atom. The second kappa shape index (κ2) is 4.82. The number of nitrogens with one attached hydrogen (secondary N) is 1. The third-order valence-corrected chi connectivity index (χ3v) is 3.85. The van der Waals surface area contributed by atoms with E-state index in [9.17, 15) is 4.79 Å². The molecule has 1 aromatic carbocycles. The van der Waals surface area contributed by atoms with Gasteiger partial charge in [0, 0.05) is 6.20 Å². The summed E-state index contributed by atoms with van der Waals surface area (Å²) < 4.78 is 0. The molecule has 2 heterocycles. The Balaban J connectivity index is 2.10. The van der Waals surface area contributed by atoms with Gasteiger partial charge in [0.15, 0.2) is 0 Å². The highest BCUT2D eigenvalue weighted by atomic mass is 32.1. The van der Waals surface area contributed by atoms with E-state index in [1.807, 2.05) is 43.3 Å². The normalized spacial score (nSPS) is 10.6. The molecule has 2 aromatic heterocycles. The molecule has 0 saturated carbocycles. The Morgan fingerprint density at radius 1 is 1.16 bits per heavy atom. The van der Waals surface area contributed by atoms with Crippen LogP contribution in [0, 0.1) is 6.92 Å². The molecule has 0 atom stereocenters. The second-order valence-corrected chi connectivity index (χ2v) is 5.39. The van der Waals surface area contributed by atoms with E-state index >= 15 is 0 Å². The quantitative estimate of drug-likeness (QED) is 0.736. The molecule has 3 rings (SSSR count). The van der Waals surface area contributed by atoms with E-state index in [4.69, 9.17) is 0 Å². The molecule has 1 N–H and O–H groups in total. The van der Waals surface area contributed by atoms with Crippen LogP contribution in [0.2, 0.25) is 0 Å². The van der Waals surface area contributed by atoms with Crippen molar-refractivity contribution in [3.63, 3.8) is 0 Å². The Kier molecular flexibility index (Phi) is 3.01. The number of hydrogen-bond acceptors (Lipinski definition) is 3. The SMILES string of the molecule is Cc1nc(C(=O)c2ccc[nH]2)c(-c2ccccc2)s1. The molecule has 0 amide bonds. The lowest BCUT2D eigenvalue weighted by atomic mass is 10.1. The molecule has 3 aromatic rings. The molecule has 0 saturated heterocycles. The molecule has 0 radical (unpaired) electrons. The van der Waals surface area contributed by atoms with Gasteiger partial charge in [-0.3, -0.25) is 4.79 Å². The van der Waals surface area contributed by atoms with E-state index in [0.29, 0.717) is 11.4 Å². The van der Waals surface area contributed by atoms with E-state index in [-0.39, 0.29) is 5.78 Å². The number of rotatable bonds is 3. The van der Waals surface area contributed by atoms with Gasteiger partial charge in [-0.2, -0.15) is 0 Å². The van der Waals surface area contributed by atoms with E-state index < -0.39 is 0 Å². The monoisotopic (exact) mass is 268 g/mol. The highest BCUT2D eigenvalue weighted by molar-refractivity contribution is 7.15. The van der Waals surface area contributed by atoms with Crippen molar-refractivity contribution in [3.05, 3.63) is 65.1 Å². The molecule has 0 bridgehead atoms. The van der Waals surface area contributed by atoms with Crippen LogP contribution < -0.4 is 0 Å². The molecule has 0 unspecified atom stereocenters. The summed E-state index contributed by atoms with van der Waals surface area (Å²) >= 11 is 1.55. The standard InChI is InChI=1S/C15H12N2OS/c1-10-17-13(14(18)12-8-5-9-16-12)15(19-10)11-6-3-2-4-7-11/h2-9,16H,1H3. The largest absolute Gasteiger partial charge is 0.358 e. The van der Waals surface area contributed by atoms with E-state index in [2.05, 4.69) is 9.97 Å². The minimum atomic E-state index is -0.0618. The number of thiazole rings is 1. The van der Waals surface area contributed by atoms with E-state index in [0.717, 1.165) is 15.4 Å². The van der Waals surface area contributed by atoms with Gasteiger partial charge in [0.1, 0.15) is 5.69 Å². The minimum Gasteiger partial charge on any atom is -0.358 e. The zero-order chi connectivity index (χ0) is 13.2. The van der Waals surface area contributed by atoms with Crippen LogP contribution >= 0.6 is 11.3 Å². The average molecular weight is 268 g/mol. The lowest BCUT2D eigenvalue weighted by Crippen LogP contribution is -2.03. The number of H-pyrrole nitrogens is 1. The van der Waals surface area contributed by atoms with Crippen molar-refractivity contribution in [3.8, 4) is 10.4 Å². The number of ketones is 1. The van der Waals surface area contributed by atoms with Crippen LogP contribution in [-0.4, -0.2) is 15.8 Å². The zero-order valence-corrected chi connectivity index (χ0v) is 11.2. The number of aromatic nitrogens is 2. The van der Waals surface area contributed by atoms with Crippen molar-refractivity contribution < 1.29 is 4.79 Å². The van der Waals surface area contributed by atoms with Gasteiger partial charge in [-0.1, -0.05) is 30.3 Å². The summed E-state index contributed by atoms with van der Waals surface area (Å²) in [6.07, 6.45) is 1.74. The van der Waals surface area contributed by atoms with E-state index in [1.165, 1.54) is 0 Å². The number of carbonyl (C=O) groups is 1. The first-order valence-corrected chi connectivity index (χ1v) is 6.78. The fourth-order valence-electron chi connectivity index (χ4n) is 1.97. The van der Waals surface area contributed by atoms with Gasteiger partial charge in [-0.15, -0.1) is 11.3 Å². The van der Waals surface area contributed by atoms with Crippen molar-refractivity contribution in [1.29, 1.82) is 0 Å². The van der Waals surface area contributed by atoms with Gasteiger partial charge in [0.2, 0.25) is 5.78 Å². The summed E-state index contributed by atoms with van der Waals surface area (Å²) in [5.74, 6) is -0.0618. The molecular formula is C15H12N2OS. The van der Waals surface area contributed by atoms with Crippen molar-refractivity contribution >= 4 is 17.1 Å². The van der Waals surface area contributed by atoms with Gasteiger partial charge in [-0.05, 0) is 24.6 Å². The first-order valence-electron chi connectivity index (χ1n) is 5.96. The fraction of sp³-hybridized carbons (Fsp3) is 0.0667. The van der Waals surface area contributed by atoms with Crippen molar-refractivity contribution in [2.24, 2.45) is 0 Å². The Morgan fingerprint density at radius 3 is 2.63 bits per heavy atom. The fourth-order valence-corrected chi connectivity index (χ4v) is 2.89. The maximum absolute atomic E-state index is 12.4. The van der Waals surface area contributed by atoms with Crippen LogP contribution in [0.1, 0.15) is 21.2 Å². The zero-order valence-electron chi connectivity index (χ0n) is 10.4. The van der Waals surface area contributed by atoms with Gasteiger partial charge >= 0.3 is 0 Å². The number of benzene rings is 1. The van der Waals surface area contributed by atoms with Crippen molar-refractivity contribution in [1.82, 2.24) is 9.97 Å². The van der Waals surface area contributed by atoms with Gasteiger partial charge < -0.3 is 4.98 Å².